The molecule has 0 aliphatic carbocycles. The SMILES string of the molecule is CN=C(NCC(=O)NC(C)(C)C)NC(C)Cc1ccc(C)s1.I. The summed E-state index contributed by atoms with van der Waals surface area (Å²) in [7, 11) is 1.71. The number of halogens is 1. The molecule has 0 saturated carbocycles. The monoisotopic (exact) mass is 452 g/mol. The smallest absolute Gasteiger partial charge is 0.239 e. The molecule has 0 aliphatic rings. The van der Waals surface area contributed by atoms with Crippen LogP contribution in [0.25, 0.3) is 0 Å². The summed E-state index contributed by atoms with van der Waals surface area (Å²) < 4.78 is 0. The van der Waals surface area contributed by atoms with Crippen LogP contribution in [-0.2, 0) is 11.2 Å². The van der Waals surface area contributed by atoms with Crippen molar-refractivity contribution in [2.45, 2.75) is 52.6 Å². The van der Waals surface area contributed by atoms with Crippen LogP contribution in [0.1, 0.15) is 37.4 Å². The molecule has 7 heteroatoms. The van der Waals surface area contributed by atoms with Crippen molar-refractivity contribution in [2.75, 3.05) is 13.6 Å². The average Bonchev–Trinajstić information content (AvgIpc) is 2.77. The van der Waals surface area contributed by atoms with Crippen molar-refractivity contribution in [1.29, 1.82) is 0 Å². The molecule has 23 heavy (non-hydrogen) atoms. The molecule has 5 nitrogen and oxygen atoms in total. The number of amides is 1. The summed E-state index contributed by atoms with van der Waals surface area (Å²) in [6.07, 6.45) is 0.938. The Morgan fingerprint density at radius 1 is 1.35 bits per heavy atom. The predicted molar refractivity (Wildman–Crippen MR) is 110 cm³/mol. The maximum absolute atomic E-state index is 11.8. The van der Waals surface area contributed by atoms with Crippen LogP contribution >= 0.6 is 35.3 Å². The first-order valence-electron chi connectivity index (χ1n) is 7.53. The Balaban J connectivity index is 0.00000484. The van der Waals surface area contributed by atoms with Crippen molar-refractivity contribution in [3.8, 4) is 0 Å². The molecule has 1 unspecified atom stereocenters. The summed E-state index contributed by atoms with van der Waals surface area (Å²) in [5.74, 6) is 0.599. The van der Waals surface area contributed by atoms with Gasteiger partial charge in [-0.2, -0.15) is 0 Å². The number of nitrogens with zero attached hydrogens (tertiary/aromatic N) is 1. The molecule has 132 valence electrons. The highest BCUT2D eigenvalue weighted by Crippen LogP contribution is 2.16. The molecule has 1 heterocycles. The second-order valence-corrected chi connectivity index (χ2v) is 7.86. The number of thiophene rings is 1. The third-order valence-electron chi connectivity index (χ3n) is 2.84. The zero-order valence-corrected chi connectivity index (χ0v) is 18.0. The molecule has 0 spiro atoms. The van der Waals surface area contributed by atoms with Gasteiger partial charge < -0.3 is 16.0 Å². The predicted octanol–water partition coefficient (Wildman–Crippen LogP) is 2.69. The molecule has 1 amide bonds. The van der Waals surface area contributed by atoms with Gasteiger partial charge in [0.05, 0.1) is 6.54 Å². The standard InChI is InChI=1S/C16H28N4OS.HI/c1-11(9-13-8-7-12(2)22-13)19-15(17-6)18-10-14(21)20-16(3,4)5;/h7-8,11H,9-10H2,1-6H3,(H,20,21)(H2,17,18,19);1H. The third-order valence-corrected chi connectivity index (χ3v) is 3.86. The van der Waals surface area contributed by atoms with Gasteiger partial charge in [0.2, 0.25) is 5.91 Å². The van der Waals surface area contributed by atoms with Gasteiger partial charge in [-0.15, -0.1) is 35.3 Å². The van der Waals surface area contributed by atoms with Gasteiger partial charge in [0.25, 0.3) is 0 Å². The van der Waals surface area contributed by atoms with Crippen LogP contribution in [0.3, 0.4) is 0 Å². The zero-order chi connectivity index (χ0) is 16.8. The molecule has 0 radical (unpaired) electrons. The molecule has 0 saturated heterocycles. The Hall–Kier alpha value is -0.830. The fourth-order valence-electron chi connectivity index (χ4n) is 2.00. The maximum atomic E-state index is 11.8. The molecule has 3 N–H and O–H groups in total. The Labute approximate surface area is 160 Å². The van der Waals surface area contributed by atoms with Crippen molar-refractivity contribution >= 4 is 47.2 Å². The average molecular weight is 452 g/mol. The van der Waals surface area contributed by atoms with E-state index in [0.29, 0.717) is 5.96 Å². The van der Waals surface area contributed by atoms with Crippen LogP contribution in [0.4, 0.5) is 0 Å². The van der Waals surface area contributed by atoms with Crippen molar-refractivity contribution in [3.05, 3.63) is 21.9 Å². The maximum Gasteiger partial charge on any atom is 0.239 e. The van der Waals surface area contributed by atoms with Crippen LogP contribution in [0.15, 0.2) is 17.1 Å². The van der Waals surface area contributed by atoms with Crippen LogP contribution in [-0.4, -0.2) is 37.0 Å². The van der Waals surface area contributed by atoms with E-state index in [1.165, 1.54) is 9.75 Å². The van der Waals surface area contributed by atoms with Gasteiger partial charge in [0.1, 0.15) is 0 Å². The molecule has 0 fully saturated rings. The molecule has 0 aromatic carbocycles. The van der Waals surface area contributed by atoms with Crippen LogP contribution in [0.2, 0.25) is 0 Å². The quantitative estimate of drug-likeness (QED) is 0.366. The number of carbonyl (C=O) groups excluding carboxylic acids is 1. The Bertz CT molecular complexity index is 522. The molecular weight excluding hydrogens is 423 g/mol. The minimum absolute atomic E-state index is 0. The fraction of sp³-hybridized carbons (Fsp3) is 0.625. The highest BCUT2D eigenvalue weighted by Gasteiger charge is 2.14. The number of aliphatic imine (C=N–C) groups is 1. The summed E-state index contributed by atoms with van der Waals surface area (Å²) in [5, 5.41) is 9.26. The van der Waals surface area contributed by atoms with E-state index in [4.69, 9.17) is 0 Å². The fourth-order valence-corrected chi connectivity index (χ4v) is 3.02. The van der Waals surface area contributed by atoms with Crippen LogP contribution in [0.5, 0.6) is 0 Å². The Morgan fingerprint density at radius 3 is 2.48 bits per heavy atom. The van der Waals surface area contributed by atoms with E-state index < -0.39 is 0 Å². The van der Waals surface area contributed by atoms with Crippen molar-refractivity contribution in [3.63, 3.8) is 0 Å². The van der Waals surface area contributed by atoms with Gasteiger partial charge in [-0.3, -0.25) is 9.79 Å². The van der Waals surface area contributed by atoms with E-state index in [2.05, 4.69) is 46.9 Å². The number of hydrogen-bond acceptors (Lipinski definition) is 3. The van der Waals surface area contributed by atoms with Gasteiger partial charge in [0, 0.05) is 34.8 Å². The van der Waals surface area contributed by atoms with Crippen LogP contribution < -0.4 is 16.0 Å². The Kier molecular flexibility index (Phi) is 9.76. The number of rotatable bonds is 5. The minimum Gasteiger partial charge on any atom is -0.354 e. The number of nitrogens with one attached hydrogen (secondary N) is 3. The molecule has 1 atom stereocenters. The normalized spacial score (nSPS) is 13.0. The highest BCUT2D eigenvalue weighted by molar-refractivity contribution is 14.0. The first kappa shape index (κ1) is 22.2. The lowest BCUT2D eigenvalue weighted by atomic mass is 10.1. The molecule has 0 aliphatic heterocycles. The summed E-state index contributed by atoms with van der Waals surface area (Å²) in [5.41, 5.74) is -0.222. The van der Waals surface area contributed by atoms with E-state index >= 15 is 0 Å². The lowest BCUT2D eigenvalue weighted by Crippen LogP contribution is -2.49. The van der Waals surface area contributed by atoms with Crippen LogP contribution in [0, 0.1) is 6.92 Å². The third kappa shape index (κ3) is 9.80. The lowest BCUT2D eigenvalue weighted by Gasteiger charge is -2.22. The second kappa shape index (κ2) is 10.1. The number of carbonyl (C=O) groups is 1. The molecule has 0 bridgehead atoms. The largest absolute Gasteiger partial charge is 0.354 e. The van der Waals surface area contributed by atoms with E-state index in [1.807, 2.05) is 32.1 Å². The van der Waals surface area contributed by atoms with Gasteiger partial charge in [-0.25, -0.2) is 0 Å². The molecule has 1 aromatic rings. The minimum atomic E-state index is -0.222. The topological polar surface area (TPSA) is 65.5 Å². The summed E-state index contributed by atoms with van der Waals surface area (Å²) in [6, 6.07) is 4.54. The van der Waals surface area contributed by atoms with Crippen molar-refractivity contribution < 1.29 is 4.79 Å². The summed E-state index contributed by atoms with van der Waals surface area (Å²) in [6.45, 7) is 10.3. The number of aryl methyl sites for hydroxylation is 1. The zero-order valence-electron chi connectivity index (χ0n) is 14.8. The van der Waals surface area contributed by atoms with E-state index in [-0.39, 0.29) is 48.0 Å². The van der Waals surface area contributed by atoms with E-state index in [0.717, 1.165) is 6.42 Å². The number of hydrogen-bond donors (Lipinski definition) is 3. The molecule has 1 rings (SSSR count). The molecular formula is C16H29IN4OS. The van der Waals surface area contributed by atoms with Gasteiger partial charge >= 0.3 is 0 Å². The van der Waals surface area contributed by atoms with Gasteiger partial charge in [-0.05, 0) is 46.8 Å². The van der Waals surface area contributed by atoms with Gasteiger partial charge in [0.15, 0.2) is 5.96 Å². The second-order valence-electron chi connectivity index (χ2n) is 6.49. The van der Waals surface area contributed by atoms with Gasteiger partial charge in [-0.1, -0.05) is 0 Å². The number of guanidine groups is 1. The van der Waals surface area contributed by atoms with E-state index in [1.54, 1.807) is 7.05 Å². The first-order valence-corrected chi connectivity index (χ1v) is 8.35. The summed E-state index contributed by atoms with van der Waals surface area (Å²) >= 11 is 1.81. The van der Waals surface area contributed by atoms with Crippen molar-refractivity contribution in [2.24, 2.45) is 4.99 Å². The van der Waals surface area contributed by atoms with E-state index in [9.17, 15) is 4.79 Å². The molecule has 1 aromatic heterocycles. The summed E-state index contributed by atoms with van der Waals surface area (Å²) in [4.78, 5) is 18.6. The Morgan fingerprint density at radius 2 is 2.00 bits per heavy atom. The van der Waals surface area contributed by atoms with Crippen molar-refractivity contribution in [1.82, 2.24) is 16.0 Å². The lowest BCUT2D eigenvalue weighted by molar-refractivity contribution is -0.121. The highest BCUT2D eigenvalue weighted by atomic mass is 127. The first-order chi connectivity index (χ1) is 10.2.